The van der Waals surface area contributed by atoms with Gasteiger partial charge in [-0.1, -0.05) is 18.2 Å². The molecule has 1 N–H and O–H groups in total. The predicted molar refractivity (Wildman–Crippen MR) is 95.7 cm³/mol. The summed E-state index contributed by atoms with van der Waals surface area (Å²) in [7, 11) is 0. The van der Waals surface area contributed by atoms with Gasteiger partial charge in [0, 0.05) is 38.2 Å². The fourth-order valence-electron chi connectivity index (χ4n) is 4.56. The monoisotopic (exact) mass is 356 g/mol. The van der Waals surface area contributed by atoms with Crippen LogP contribution in [0, 0.1) is 11.3 Å². The molecular formula is C20H24N2O4. The number of carboxylic acid groups (broad SMARTS) is 1. The normalized spacial score (nSPS) is 23.7. The molecule has 2 amide bonds. The Bertz CT molecular complexity index is 752. The lowest BCUT2D eigenvalue weighted by Crippen LogP contribution is -2.42. The first kappa shape index (κ1) is 17.1. The van der Waals surface area contributed by atoms with Crippen LogP contribution in [0.3, 0.4) is 0 Å². The van der Waals surface area contributed by atoms with E-state index >= 15 is 0 Å². The van der Waals surface area contributed by atoms with Crippen LogP contribution < -0.4 is 4.90 Å². The lowest BCUT2D eigenvalue weighted by molar-refractivity contribution is -0.139. The number of amides is 2. The highest BCUT2D eigenvalue weighted by atomic mass is 16.4. The number of carbonyl (C=O) groups is 3. The van der Waals surface area contributed by atoms with Crippen LogP contribution in [-0.4, -0.2) is 47.4 Å². The van der Waals surface area contributed by atoms with Gasteiger partial charge in [-0.2, -0.15) is 0 Å². The molecule has 0 radical (unpaired) electrons. The summed E-state index contributed by atoms with van der Waals surface area (Å²) >= 11 is 0. The number of nitrogens with zero attached hydrogens (tertiary/aromatic N) is 2. The average Bonchev–Trinajstić information content (AvgIpc) is 3.35. The molecule has 6 heteroatoms. The van der Waals surface area contributed by atoms with Gasteiger partial charge in [0.2, 0.25) is 11.8 Å². The highest BCUT2D eigenvalue weighted by molar-refractivity contribution is 5.97. The number of benzene rings is 1. The summed E-state index contributed by atoms with van der Waals surface area (Å²) in [6.45, 7) is 1.67. The summed E-state index contributed by atoms with van der Waals surface area (Å²) in [5.41, 5.74) is 2.02. The Morgan fingerprint density at radius 3 is 2.58 bits per heavy atom. The number of rotatable bonds is 4. The summed E-state index contributed by atoms with van der Waals surface area (Å²) < 4.78 is 0. The number of aliphatic carboxylic acids is 1. The summed E-state index contributed by atoms with van der Waals surface area (Å²) in [6, 6.07) is 7.88. The largest absolute Gasteiger partial charge is 0.481 e. The van der Waals surface area contributed by atoms with Crippen LogP contribution in [0.15, 0.2) is 24.3 Å². The third kappa shape index (κ3) is 2.97. The summed E-state index contributed by atoms with van der Waals surface area (Å²) in [5.74, 6) is -0.783. The predicted octanol–water partition coefficient (Wildman–Crippen LogP) is 2.07. The van der Waals surface area contributed by atoms with Crippen molar-refractivity contribution in [2.75, 3.05) is 24.5 Å². The third-order valence-corrected chi connectivity index (χ3v) is 6.34. The van der Waals surface area contributed by atoms with Crippen molar-refractivity contribution in [1.82, 2.24) is 4.90 Å². The van der Waals surface area contributed by atoms with Gasteiger partial charge in [-0.15, -0.1) is 0 Å². The zero-order chi connectivity index (χ0) is 18.3. The number of anilines is 1. The molecule has 4 rings (SSSR count). The van der Waals surface area contributed by atoms with Crippen molar-refractivity contribution in [3.8, 4) is 0 Å². The molecule has 2 fully saturated rings. The number of carbonyl (C=O) groups excluding carboxylic acids is 2. The smallest absolute Gasteiger partial charge is 0.307 e. The molecule has 1 saturated heterocycles. The molecule has 2 heterocycles. The van der Waals surface area contributed by atoms with Crippen LogP contribution in [-0.2, 0) is 20.8 Å². The zero-order valence-corrected chi connectivity index (χ0v) is 14.8. The van der Waals surface area contributed by atoms with Gasteiger partial charge in [-0.05, 0) is 42.7 Å². The third-order valence-electron chi connectivity index (χ3n) is 6.34. The SMILES string of the molecule is O=C(O)[C@H]1CC12CCN(C(=O)CCN1C(=O)CCc3ccccc31)CC2. The van der Waals surface area contributed by atoms with Crippen molar-refractivity contribution in [2.24, 2.45) is 11.3 Å². The highest BCUT2D eigenvalue weighted by Gasteiger charge is 2.59. The van der Waals surface area contributed by atoms with E-state index in [-0.39, 0.29) is 23.1 Å². The van der Waals surface area contributed by atoms with Crippen molar-refractivity contribution in [3.63, 3.8) is 0 Å². The second kappa shape index (κ2) is 6.41. The lowest BCUT2D eigenvalue weighted by Gasteiger charge is -2.34. The number of aryl methyl sites for hydroxylation is 1. The van der Waals surface area contributed by atoms with E-state index in [1.165, 1.54) is 0 Å². The number of piperidine rings is 1. The Kier molecular flexibility index (Phi) is 4.21. The maximum absolute atomic E-state index is 12.6. The maximum Gasteiger partial charge on any atom is 0.307 e. The van der Waals surface area contributed by atoms with E-state index in [1.54, 1.807) is 4.90 Å². The molecule has 26 heavy (non-hydrogen) atoms. The van der Waals surface area contributed by atoms with Gasteiger partial charge in [0.25, 0.3) is 0 Å². The van der Waals surface area contributed by atoms with Gasteiger partial charge < -0.3 is 14.9 Å². The van der Waals surface area contributed by atoms with Crippen molar-refractivity contribution in [2.45, 2.75) is 38.5 Å². The molecule has 1 spiro atoms. The van der Waals surface area contributed by atoms with E-state index < -0.39 is 5.97 Å². The number of likely N-dealkylation sites (tertiary alicyclic amines) is 1. The zero-order valence-electron chi connectivity index (χ0n) is 14.8. The van der Waals surface area contributed by atoms with Crippen LogP contribution in [0.2, 0.25) is 0 Å². The lowest BCUT2D eigenvalue weighted by atomic mass is 9.90. The van der Waals surface area contributed by atoms with E-state index in [1.807, 2.05) is 29.2 Å². The molecule has 1 aromatic carbocycles. The van der Waals surface area contributed by atoms with Crippen molar-refractivity contribution < 1.29 is 19.5 Å². The van der Waals surface area contributed by atoms with Crippen molar-refractivity contribution >= 4 is 23.5 Å². The first-order valence-electron chi connectivity index (χ1n) is 9.39. The molecule has 0 unspecified atom stereocenters. The van der Waals surface area contributed by atoms with E-state index in [2.05, 4.69) is 0 Å². The van der Waals surface area contributed by atoms with Gasteiger partial charge in [-0.3, -0.25) is 14.4 Å². The minimum Gasteiger partial charge on any atom is -0.481 e. The van der Waals surface area contributed by atoms with E-state index in [0.29, 0.717) is 32.5 Å². The molecule has 1 aliphatic carbocycles. The number of carboxylic acids is 1. The molecule has 6 nitrogen and oxygen atoms in total. The minimum absolute atomic E-state index is 0.0585. The fraction of sp³-hybridized carbons (Fsp3) is 0.550. The maximum atomic E-state index is 12.6. The number of hydrogen-bond acceptors (Lipinski definition) is 3. The highest BCUT2D eigenvalue weighted by Crippen LogP contribution is 2.59. The van der Waals surface area contributed by atoms with Crippen LogP contribution in [0.1, 0.15) is 37.7 Å². The second-order valence-corrected chi connectivity index (χ2v) is 7.76. The van der Waals surface area contributed by atoms with Gasteiger partial charge in [0.05, 0.1) is 5.92 Å². The van der Waals surface area contributed by atoms with Crippen molar-refractivity contribution in [1.29, 1.82) is 0 Å². The second-order valence-electron chi connectivity index (χ2n) is 7.76. The van der Waals surface area contributed by atoms with Gasteiger partial charge in [0.1, 0.15) is 0 Å². The molecule has 0 bridgehead atoms. The quantitative estimate of drug-likeness (QED) is 0.896. The molecule has 2 aliphatic heterocycles. The molecule has 3 aliphatic rings. The molecule has 1 saturated carbocycles. The van der Waals surface area contributed by atoms with Gasteiger partial charge in [0.15, 0.2) is 0 Å². The van der Waals surface area contributed by atoms with Crippen LogP contribution in [0.25, 0.3) is 0 Å². The number of fused-ring (bicyclic) bond motifs is 1. The molecule has 138 valence electrons. The Hall–Kier alpha value is -2.37. The standard InChI is InChI=1S/C20H24N2O4/c23-17(21-11-8-20(9-12-21)13-15(20)19(25)26)7-10-22-16-4-2-1-3-14(16)5-6-18(22)24/h1-4,15H,5-13H2,(H,25,26)/t15-/m1/s1. The average molecular weight is 356 g/mol. The van der Waals surface area contributed by atoms with E-state index in [4.69, 9.17) is 5.11 Å². The molecular weight excluding hydrogens is 332 g/mol. The van der Waals surface area contributed by atoms with Crippen molar-refractivity contribution in [3.05, 3.63) is 29.8 Å². The first-order chi connectivity index (χ1) is 12.5. The molecule has 0 aromatic heterocycles. The fourth-order valence-corrected chi connectivity index (χ4v) is 4.56. The van der Waals surface area contributed by atoms with Crippen LogP contribution in [0.5, 0.6) is 0 Å². The topological polar surface area (TPSA) is 77.9 Å². The number of para-hydroxylation sites is 1. The Morgan fingerprint density at radius 2 is 1.88 bits per heavy atom. The summed E-state index contributed by atoms with van der Waals surface area (Å²) in [5, 5.41) is 9.16. The van der Waals surface area contributed by atoms with E-state index in [9.17, 15) is 14.4 Å². The molecule has 1 aromatic rings. The number of hydrogen-bond donors (Lipinski definition) is 1. The van der Waals surface area contributed by atoms with Crippen LogP contribution >= 0.6 is 0 Å². The Morgan fingerprint density at radius 1 is 1.15 bits per heavy atom. The van der Waals surface area contributed by atoms with Crippen LogP contribution in [0.4, 0.5) is 5.69 Å². The summed E-state index contributed by atoms with van der Waals surface area (Å²) in [4.78, 5) is 39.6. The minimum atomic E-state index is -0.702. The first-order valence-corrected chi connectivity index (χ1v) is 9.39. The van der Waals surface area contributed by atoms with Gasteiger partial charge >= 0.3 is 5.97 Å². The summed E-state index contributed by atoms with van der Waals surface area (Å²) in [6.07, 6.45) is 3.88. The molecule has 1 atom stereocenters. The van der Waals surface area contributed by atoms with E-state index in [0.717, 1.165) is 36.9 Å². The van der Waals surface area contributed by atoms with Gasteiger partial charge in [-0.25, -0.2) is 0 Å². The Balaban J connectivity index is 1.33. The Labute approximate surface area is 152 Å².